The van der Waals surface area contributed by atoms with E-state index in [4.69, 9.17) is 5.11 Å². The summed E-state index contributed by atoms with van der Waals surface area (Å²) in [4.78, 5) is 26.0. The number of rotatable bonds is 6. The van der Waals surface area contributed by atoms with E-state index in [-0.39, 0.29) is 18.6 Å². The minimum Gasteiger partial charge on any atom is -0.480 e. The number of carbonyl (C=O) groups is 2. The molecule has 1 aromatic carbocycles. The van der Waals surface area contributed by atoms with Gasteiger partial charge in [0.1, 0.15) is 6.54 Å². The summed E-state index contributed by atoms with van der Waals surface area (Å²) >= 11 is 0. The zero-order valence-corrected chi connectivity index (χ0v) is 12.2. The second-order valence-corrected chi connectivity index (χ2v) is 5.06. The lowest BCUT2D eigenvalue weighted by Crippen LogP contribution is -2.47. The summed E-state index contributed by atoms with van der Waals surface area (Å²) in [7, 11) is 1.70. The lowest BCUT2D eigenvalue weighted by Gasteiger charge is -2.30. The van der Waals surface area contributed by atoms with Gasteiger partial charge in [0, 0.05) is 19.6 Å². The van der Waals surface area contributed by atoms with Gasteiger partial charge in [0.2, 0.25) is 0 Å². The Kier molecular flexibility index (Phi) is 6.03. The Hall–Kier alpha value is -2.04. The summed E-state index contributed by atoms with van der Waals surface area (Å²) < 4.78 is 0. The molecule has 5 nitrogen and oxygen atoms in total. The Morgan fingerprint density at radius 1 is 1.20 bits per heavy atom. The molecule has 0 saturated carbocycles. The van der Waals surface area contributed by atoms with Gasteiger partial charge in [-0.25, -0.2) is 4.79 Å². The van der Waals surface area contributed by atoms with Crippen molar-refractivity contribution in [3.8, 4) is 0 Å². The highest BCUT2D eigenvalue weighted by atomic mass is 16.4. The predicted octanol–water partition coefficient (Wildman–Crippen LogP) is 2.08. The smallest absolute Gasteiger partial charge is 0.323 e. The summed E-state index contributed by atoms with van der Waals surface area (Å²) in [5, 5.41) is 8.86. The van der Waals surface area contributed by atoms with Gasteiger partial charge in [-0.3, -0.25) is 4.79 Å². The second kappa shape index (κ2) is 7.53. The maximum atomic E-state index is 12.2. The first-order chi connectivity index (χ1) is 9.41. The van der Waals surface area contributed by atoms with E-state index >= 15 is 0 Å². The fraction of sp³-hybridized carbons (Fsp3) is 0.467. The first kappa shape index (κ1) is 16.0. The summed E-state index contributed by atoms with van der Waals surface area (Å²) in [6.45, 7) is 3.91. The van der Waals surface area contributed by atoms with E-state index in [1.54, 1.807) is 11.9 Å². The number of benzene rings is 1. The van der Waals surface area contributed by atoms with Crippen molar-refractivity contribution in [3.63, 3.8) is 0 Å². The highest BCUT2D eigenvalue weighted by Gasteiger charge is 2.22. The van der Waals surface area contributed by atoms with Gasteiger partial charge >= 0.3 is 12.0 Å². The molecule has 0 aliphatic rings. The molecule has 0 saturated heterocycles. The van der Waals surface area contributed by atoms with Crippen LogP contribution in [0.15, 0.2) is 30.3 Å². The summed E-state index contributed by atoms with van der Waals surface area (Å²) in [6, 6.07) is 9.50. The lowest BCUT2D eigenvalue weighted by atomic mass is 10.1. The number of likely N-dealkylation sites (N-methyl/N-ethyl adjacent to an activating group) is 1. The van der Waals surface area contributed by atoms with E-state index in [0.717, 1.165) is 12.0 Å². The topological polar surface area (TPSA) is 60.9 Å². The number of carboxylic acid groups (broad SMARTS) is 1. The molecule has 20 heavy (non-hydrogen) atoms. The third-order valence-electron chi connectivity index (χ3n) is 3.08. The van der Waals surface area contributed by atoms with E-state index < -0.39 is 5.97 Å². The first-order valence-electron chi connectivity index (χ1n) is 6.69. The number of hydrogen-bond donors (Lipinski definition) is 1. The zero-order chi connectivity index (χ0) is 15.1. The normalized spacial score (nSPS) is 10.4. The average molecular weight is 278 g/mol. The number of carboxylic acids is 1. The van der Waals surface area contributed by atoms with Crippen LogP contribution in [-0.4, -0.2) is 53.1 Å². The number of aliphatic carboxylic acids is 1. The van der Waals surface area contributed by atoms with Crippen molar-refractivity contribution in [3.05, 3.63) is 35.9 Å². The van der Waals surface area contributed by atoms with Gasteiger partial charge in [-0.05, 0) is 25.8 Å². The zero-order valence-electron chi connectivity index (χ0n) is 12.2. The van der Waals surface area contributed by atoms with Gasteiger partial charge in [0.25, 0.3) is 0 Å². The number of urea groups is 1. The monoisotopic (exact) mass is 278 g/mol. The number of carbonyl (C=O) groups excluding carboxylic acids is 1. The van der Waals surface area contributed by atoms with Crippen LogP contribution in [0, 0.1) is 0 Å². The minimum atomic E-state index is -0.997. The minimum absolute atomic E-state index is 0.141. The molecule has 0 radical (unpaired) electrons. The van der Waals surface area contributed by atoms with Crippen molar-refractivity contribution in [2.45, 2.75) is 26.3 Å². The first-order valence-corrected chi connectivity index (χ1v) is 6.69. The van der Waals surface area contributed by atoms with Gasteiger partial charge in [0.05, 0.1) is 0 Å². The summed E-state index contributed by atoms with van der Waals surface area (Å²) in [5.41, 5.74) is 1.15. The van der Waals surface area contributed by atoms with E-state index in [9.17, 15) is 9.59 Å². The van der Waals surface area contributed by atoms with Crippen LogP contribution >= 0.6 is 0 Å². The molecule has 0 aliphatic heterocycles. The third-order valence-corrected chi connectivity index (χ3v) is 3.08. The van der Waals surface area contributed by atoms with Crippen LogP contribution in [0.25, 0.3) is 0 Å². The standard InChI is InChI=1S/C15H22N2O3/c1-12(2)17(11-14(18)19)15(20)16(3)10-9-13-7-5-4-6-8-13/h4-8,12H,9-11H2,1-3H3,(H,18,19). The molecular formula is C15H22N2O3. The van der Waals surface area contributed by atoms with Gasteiger partial charge < -0.3 is 14.9 Å². The number of nitrogens with zero attached hydrogens (tertiary/aromatic N) is 2. The van der Waals surface area contributed by atoms with Crippen LogP contribution in [0.1, 0.15) is 19.4 Å². The molecule has 2 amide bonds. The molecule has 0 fully saturated rings. The highest BCUT2D eigenvalue weighted by Crippen LogP contribution is 2.06. The second-order valence-electron chi connectivity index (χ2n) is 5.06. The van der Waals surface area contributed by atoms with Crippen molar-refractivity contribution < 1.29 is 14.7 Å². The van der Waals surface area contributed by atoms with Crippen LogP contribution in [0.4, 0.5) is 4.79 Å². The molecule has 1 rings (SSSR count). The number of amides is 2. The fourth-order valence-electron chi connectivity index (χ4n) is 1.87. The van der Waals surface area contributed by atoms with Crippen molar-refractivity contribution in [1.29, 1.82) is 0 Å². The maximum Gasteiger partial charge on any atom is 0.323 e. The molecule has 0 aromatic heterocycles. The van der Waals surface area contributed by atoms with Gasteiger partial charge in [-0.15, -0.1) is 0 Å². The van der Waals surface area contributed by atoms with Crippen LogP contribution in [0.3, 0.4) is 0 Å². The summed E-state index contributed by atoms with van der Waals surface area (Å²) in [6.07, 6.45) is 0.752. The lowest BCUT2D eigenvalue weighted by molar-refractivity contribution is -0.138. The van der Waals surface area contributed by atoms with Crippen LogP contribution in [0.5, 0.6) is 0 Å². The maximum absolute atomic E-state index is 12.2. The van der Waals surface area contributed by atoms with Gasteiger partial charge in [-0.1, -0.05) is 30.3 Å². The molecule has 0 spiro atoms. The largest absolute Gasteiger partial charge is 0.480 e. The molecule has 0 atom stereocenters. The Morgan fingerprint density at radius 2 is 1.80 bits per heavy atom. The molecule has 1 N–H and O–H groups in total. The SMILES string of the molecule is CC(C)N(CC(=O)O)C(=O)N(C)CCc1ccccc1. The fourth-order valence-corrected chi connectivity index (χ4v) is 1.87. The van der Waals surface area contributed by atoms with E-state index in [1.165, 1.54) is 4.90 Å². The quantitative estimate of drug-likeness (QED) is 0.866. The Balaban J connectivity index is 2.58. The van der Waals surface area contributed by atoms with Crippen LogP contribution in [0.2, 0.25) is 0 Å². The molecule has 0 heterocycles. The Morgan fingerprint density at radius 3 is 2.30 bits per heavy atom. The van der Waals surface area contributed by atoms with E-state index in [2.05, 4.69) is 0 Å². The molecule has 1 aromatic rings. The molecule has 0 bridgehead atoms. The van der Waals surface area contributed by atoms with Gasteiger partial charge in [-0.2, -0.15) is 0 Å². The Labute approximate surface area is 119 Å². The molecule has 0 unspecified atom stereocenters. The van der Waals surface area contributed by atoms with Crippen molar-refractivity contribution >= 4 is 12.0 Å². The number of hydrogen-bond acceptors (Lipinski definition) is 2. The van der Waals surface area contributed by atoms with Crippen molar-refractivity contribution in [2.75, 3.05) is 20.1 Å². The molecule has 110 valence electrons. The van der Waals surface area contributed by atoms with Crippen LogP contribution in [-0.2, 0) is 11.2 Å². The van der Waals surface area contributed by atoms with E-state index in [1.807, 2.05) is 44.2 Å². The van der Waals surface area contributed by atoms with Crippen LogP contribution < -0.4 is 0 Å². The van der Waals surface area contributed by atoms with Gasteiger partial charge in [0.15, 0.2) is 0 Å². The van der Waals surface area contributed by atoms with Crippen molar-refractivity contribution in [1.82, 2.24) is 9.80 Å². The molecule has 5 heteroatoms. The molecular weight excluding hydrogens is 256 g/mol. The van der Waals surface area contributed by atoms with E-state index in [0.29, 0.717) is 6.54 Å². The summed E-state index contributed by atoms with van der Waals surface area (Å²) in [5.74, 6) is -0.997. The van der Waals surface area contributed by atoms with Crippen molar-refractivity contribution in [2.24, 2.45) is 0 Å². The highest BCUT2D eigenvalue weighted by molar-refractivity contribution is 5.80. The third kappa shape index (κ3) is 4.91. The molecule has 0 aliphatic carbocycles. The average Bonchev–Trinajstić information content (AvgIpc) is 2.42. The Bertz CT molecular complexity index is 446. The predicted molar refractivity (Wildman–Crippen MR) is 77.6 cm³/mol.